The summed E-state index contributed by atoms with van der Waals surface area (Å²) in [6.45, 7) is 2.02. The first-order chi connectivity index (χ1) is 8.27. The molecule has 0 N–H and O–H groups in total. The fraction of sp³-hybridized carbons (Fsp3) is 0.133. The zero-order valence-electron chi connectivity index (χ0n) is 9.73. The van der Waals surface area contributed by atoms with E-state index in [1.165, 1.54) is 6.07 Å². The Balaban J connectivity index is 2.14. The van der Waals surface area contributed by atoms with E-state index in [0.29, 0.717) is 6.42 Å². The molecular weight excluding hydrogens is 213 g/mol. The van der Waals surface area contributed by atoms with Gasteiger partial charge in [0.2, 0.25) is 0 Å². The molecule has 0 saturated carbocycles. The number of rotatable bonds is 3. The van der Waals surface area contributed by atoms with Crippen LogP contribution in [0, 0.1) is 5.82 Å². The Bertz CT molecular complexity index is 517. The third-order valence-corrected chi connectivity index (χ3v) is 2.72. The summed E-state index contributed by atoms with van der Waals surface area (Å²) in [6.07, 6.45) is 6.17. The predicted molar refractivity (Wildman–Crippen MR) is 68.0 cm³/mol. The van der Waals surface area contributed by atoms with Crippen molar-refractivity contribution in [1.29, 1.82) is 0 Å². The van der Waals surface area contributed by atoms with Crippen molar-refractivity contribution in [3.63, 3.8) is 0 Å². The van der Waals surface area contributed by atoms with Crippen molar-refractivity contribution in [2.75, 3.05) is 0 Å². The van der Waals surface area contributed by atoms with Gasteiger partial charge in [0, 0.05) is 12.4 Å². The minimum atomic E-state index is -0.147. The molecule has 0 fully saturated rings. The zero-order valence-corrected chi connectivity index (χ0v) is 9.73. The van der Waals surface area contributed by atoms with E-state index in [9.17, 15) is 4.39 Å². The van der Waals surface area contributed by atoms with Crippen molar-refractivity contribution in [3.05, 3.63) is 71.8 Å². The number of nitrogens with zero attached hydrogens (tertiary/aromatic N) is 1. The summed E-state index contributed by atoms with van der Waals surface area (Å²) in [4.78, 5) is 3.97. The van der Waals surface area contributed by atoms with Crippen LogP contribution >= 0.6 is 0 Å². The fourth-order valence-corrected chi connectivity index (χ4v) is 1.66. The highest BCUT2D eigenvalue weighted by molar-refractivity contribution is 5.63. The number of allylic oxidation sites excluding steroid dienone is 2. The lowest BCUT2D eigenvalue weighted by Crippen LogP contribution is -1.88. The van der Waals surface area contributed by atoms with E-state index < -0.39 is 0 Å². The van der Waals surface area contributed by atoms with Gasteiger partial charge in [-0.05, 0) is 48.2 Å². The molecule has 0 aliphatic rings. The SMILES string of the molecule is C/C(=C/Cc1ccccc1F)c1ccncc1. The number of benzene rings is 1. The highest BCUT2D eigenvalue weighted by Crippen LogP contribution is 2.15. The second-order valence-electron chi connectivity index (χ2n) is 3.92. The molecule has 0 aliphatic carbocycles. The summed E-state index contributed by atoms with van der Waals surface area (Å²) in [5.41, 5.74) is 2.98. The van der Waals surface area contributed by atoms with Gasteiger partial charge in [-0.3, -0.25) is 4.98 Å². The van der Waals surface area contributed by atoms with Gasteiger partial charge in [0.25, 0.3) is 0 Å². The topological polar surface area (TPSA) is 12.9 Å². The minimum Gasteiger partial charge on any atom is -0.265 e. The van der Waals surface area contributed by atoms with Gasteiger partial charge in [-0.1, -0.05) is 24.3 Å². The highest BCUT2D eigenvalue weighted by atomic mass is 19.1. The molecule has 1 aromatic carbocycles. The summed E-state index contributed by atoms with van der Waals surface area (Å²) >= 11 is 0. The van der Waals surface area contributed by atoms with Crippen molar-refractivity contribution < 1.29 is 4.39 Å². The van der Waals surface area contributed by atoms with Crippen LogP contribution in [0.1, 0.15) is 18.1 Å². The third kappa shape index (κ3) is 3.00. The number of aromatic nitrogens is 1. The molecule has 1 heterocycles. The molecule has 0 radical (unpaired) electrons. The summed E-state index contributed by atoms with van der Waals surface area (Å²) in [5.74, 6) is -0.147. The molecule has 0 bridgehead atoms. The molecule has 0 unspecified atom stereocenters. The van der Waals surface area contributed by atoms with Gasteiger partial charge in [0.05, 0.1) is 0 Å². The van der Waals surface area contributed by atoms with Gasteiger partial charge < -0.3 is 0 Å². The Hall–Kier alpha value is -1.96. The molecule has 1 nitrogen and oxygen atoms in total. The van der Waals surface area contributed by atoms with E-state index in [2.05, 4.69) is 4.98 Å². The first kappa shape index (κ1) is 11.5. The second kappa shape index (κ2) is 5.39. The molecule has 2 heteroatoms. The standard InChI is InChI=1S/C15H14FN/c1-12(13-8-10-17-11-9-13)6-7-14-4-2-3-5-15(14)16/h2-6,8-11H,7H2,1H3/b12-6-. The normalized spacial score (nSPS) is 11.5. The van der Waals surface area contributed by atoms with E-state index in [0.717, 1.165) is 16.7 Å². The lowest BCUT2D eigenvalue weighted by Gasteiger charge is -2.02. The average molecular weight is 227 g/mol. The quantitative estimate of drug-likeness (QED) is 0.775. The molecule has 86 valence electrons. The summed E-state index contributed by atoms with van der Waals surface area (Å²) < 4.78 is 13.4. The maximum absolute atomic E-state index is 13.4. The van der Waals surface area contributed by atoms with Crippen molar-refractivity contribution >= 4 is 5.57 Å². The Morgan fingerprint density at radius 1 is 1.18 bits per heavy atom. The van der Waals surface area contributed by atoms with Gasteiger partial charge in [-0.25, -0.2) is 4.39 Å². The van der Waals surface area contributed by atoms with Crippen LogP contribution in [-0.2, 0) is 6.42 Å². The predicted octanol–water partition coefficient (Wildman–Crippen LogP) is 3.87. The molecule has 1 aromatic heterocycles. The first-order valence-electron chi connectivity index (χ1n) is 5.58. The molecule has 2 rings (SSSR count). The Morgan fingerprint density at radius 2 is 1.88 bits per heavy atom. The fourth-order valence-electron chi connectivity index (χ4n) is 1.66. The van der Waals surface area contributed by atoms with Crippen molar-refractivity contribution in [1.82, 2.24) is 4.98 Å². The highest BCUT2D eigenvalue weighted by Gasteiger charge is 1.99. The zero-order chi connectivity index (χ0) is 12.1. The number of hydrogen-bond acceptors (Lipinski definition) is 1. The van der Waals surface area contributed by atoms with Crippen LogP contribution in [0.25, 0.3) is 5.57 Å². The maximum atomic E-state index is 13.4. The number of pyridine rings is 1. The Labute approximate surface area is 101 Å². The van der Waals surface area contributed by atoms with Crippen LogP contribution in [0.15, 0.2) is 54.9 Å². The third-order valence-electron chi connectivity index (χ3n) is 2.72. The smallest absolute Gasteiger partial charge is 0.126 e. The number of hydrogen-bond donors (Lipinski definition) is 0. The van der Waals surface area contributed by atoms with Crippen LogP contribution in [0.3, 0.4) is 0 Å². The average Bonchev–Trinajstić information content (AvgIpc) is 2.38. The van der Waals surface area contributed by atoms with E-state index in [4.69, 9.17) is 0 Å². The van der Waals surface area contributed by atoms with Gasteiger partial charge in [0.15, 0.2) is 0 Å². The molecule has 17 heavy (non-hydrogen) atoms. The maximum Gasteiger partial charge on any atom is 0.126 e. The van der Waals surface area contributed by atoms with Crippen LogP contribution in [0.2, 0.25) is 0 Å². The van der Waals surface area contributed by atoms with E-state index in [1.807, 2.05) is 37.3 Å². The lowest BCUT2D eigenvalue weighted by molar-refractivity contribution is 0.615. The van der Waals surface area contributed by atoms with Gasteiger partial charge in [0.1, 0.15) is 5.82 Å². The van der Waals surface area contributed by atoms with Crippen molar-refractivity contribution in [2.24, 2.45) is 0 Å². The van der Waals surface area contributed by atoms with Gasteiger partial charge in [-0.2, -0.15) is 0 Å². The van der Waals surface area contributed by atoms with E-state index in [1.54, 1.807) is 18.5 Å². The van der Waals surface area contributed by atoms with Gasteiger partial charge >= 0.3 is 0 Å². The van der Waals surface area contributed by atoms with Gasteiger partial charge in [-0.15, -0.1) is 0 Å². The second-order valence-corrected chi connectivity index (χ2v) is 3.92. The first-order valence-corrected chi connectivity index (χ1v) is 5.58. The number of halogens is 1. The van der Waals surface area contributed by atoms with Crippen LogP contribution in [-0.4, -0.2) is 4.98 Å². The largest absolute Gasteiger partial charge is 0.265 e. The van der Waals surface area contributed by atoms with Crippen LogP contribution in [0.4, 0.5) is 4.39 Å². The van der Waals surface area contributed by atoms with Crippen LogP contribution < -0.4 is 0 Å². The summed E-state index contributed by atoms with van der Waals surface area (Å²) in [5, 5.41) is 0. The minimum absolute atomic E-state index is 0.147. The van der Waals surface area contributed by atoms with Crippen molar-refractivity contribution in [2.45, 2.75) is 13.3 Å². The van der Waals surface area contributed by atoms with Crippen molar-refractivity contribution in [3.8, 4) is 0 Å². The van der Waals surface area contributed by atoms with E-state index >= 15 is 0 Å². The Kier molecular flexibility index (Phi) is 3.66. The molecule has 2 aromatic rings. The molecule has 0 aliphatic heterocycles. The molecule has 0 amide bonds. The van der Waals surface area contributed by atoms with E-state index in [-0.39, 0.29) is 5.82 Å². The molecule has 0 atom stereocenters. The Morgan fingerprint density at radius 3 is 2.59 bits per heavy atom. The van der Waals surface area contributed by atoms with Crippen LogP contribution in [0.5, 0.6) is 0 Å². The molecular formula is C15H14FN. The molecule has 0 spiro atoms. The lowest BCUT2D eigenvalue weighted by atomic mass is 10.1. The summed E-state index contributed by atoms with van der Waals surface area (Å²) in [7, 11) is 0. The molecule has 0 saturated heterocycles. The summed E-state index contributed by atoms with van der Waals surface area (Å²) in [6, 6.07) is 10.8. The monoisotopic (exact) mass is 227 g/mol.